The number of nitrogens with one attached hydrogen (secondary N) is 1. The first kappa shape index (κ1) is 23.0. The lowest BCUT2D eigenvalue weighted by Gasteiger charge is -2.13. The summed E-state index contributed by atoms with van der Waals surface area (Å²) in [6.07, 6.45) is 0. The third kappa shape index (κ3) is 5.60. The number of hydrogen-bond acceptors (Lipinski definition) is 6. The molecule has 0 atom stereocenters. The Kier molecular flexibility index (Phi) is 8.42. The molecule has 2 aromatic carbocycles. The second kappa shape index (κ2) is 11.0. The van der Waals surface area contributed by atoms with E-state index >= 15 is 0 Å². The Morgan fingerprint density at radius 1 is 1.10 bits per heavy atom. The highest BCUT2D eigenvalue weighted by Crippen LogP contribution is 2.18. The zero-order valence-corrected chi connectivity index (χ0v) is 17.2. The van der Waals surface area contributed by atoms with E-state index in [1.807, 2.05) is 13.0 Å². The molecule has 0 fully saturated rings. The van der Waals surface area contributed by atoms with Crippen LogP contribution in [-0.2, 0) is 25.8 Å². The Bertz CT molecular complexity index is 961. The number of halogens is 2. The van der Waals surface area contributed by atoms with Gasteiger partial charge in [0.25, 0.3) is 5.91 Å². The van der Waals surface area contributed by atoms with Crippen molar-refractivity contribution in [1.29, 1.82) is 0 Å². The van der Waals surface area contributed by atoms with Gasteiger partial charge in [-0.25, -0.2) is 8.78 Å². The van der Waals surface area contributed by atoms with Crippen molar-refractivity contribution in [2.24, 2.45) is 10.3 Å². The summed E-state index contributed by atoms with van der Waals surface area (Å²) in [4.78, 5) is 22.5. The number of hydrogen-bond donors (Lipinski definition) is 1. The summed E-state index contributed by atoms with van der Waals surface area (Å²) in [7, 11) is 4.28. The van der Waals surface area contributed by atoms with Crippen molar-refractivity contribution < 1.29 is 28.0 Å². The van der Waals surface area contributed by atoms with Gasteiger partial charge < -0.3 is 19.7 Å². The van der Waals surface area contributed by atoms with Crippen molar-refractivity contribution in [3.05, 3.63) is 70.3 Å². The number of carbonyl (C=O) groups is 1. The Labute approximate surface area is 173 Å². The second-order valence-electron chi connectivity index (χ2n) is 6.18. The zero-order chi connectivity index (χ0) is 22.1. The highest BCUT2D eigenvalue weighted by atomic mass is 19.2. The zero-order valence-electron chi connectivity index (χ0n) is 17.2. The average Bonchev–Trinajstić information content (AvgIpc) is 2.74. The molecule has 0 spiro atoms. The molecule has 0 heterocycles. The van der Waals surface area contributed by atoms with Crippen LogP contribution in [0, 0.1) is 18.6 Å². The molecule has 0 aliphatic rings. The van der Waals surface area contributed by atoms with Gasteiger partial charge in [0, 0.05) is 30.8 Å². The largest absolute Gasteiger partial charge is 0.398 e. The summed E-state index contributed by atoms with van der Waals surface area (Å²) < 4.78 is 31.9. The number of carbonyl (C=O) groups excluding carboxylic acids is 1. The van der Waals surface area contributed by atoms with Crippen LogP contribution in [0.5, 0.6) is 0 Å². The first-order chi connectivity index (χ1) is 14.4. The molecular formula is C21H23F2N3O4. The number of amides is 1. The summed E-state index contributed by atoms with van der Waals surface area (Å²) in [6.45, 7) is 1.88. The molecule has 0 bridgehead atoms. The van der Waals surface area contributed by atoms with Crippen LogP contribution in [-0.4, -0.2) is 45.2 Å². The summed E-state index contributed by atoms with van der Waals surface area (Å²) in [5.41, 5.74) is 2.73. The lowest BCUT2D eigenvalue weighted by Crippen LogP contribution is -2.29. The van der Waals surface area contributed by atoms with Gasteiger partial charge >= 0.3 is 0 Å². The molecule has 160 valence electrons. The van der Waals surface area contributed by atoms with E-state index in [1.54, 1.807) is 12.1 Å². The molecule has 1 amide bonds. The topological polar surface area (TPSA) is 81.5 Å². The normalized spacial score (nSPS) is 11.9. The number of aryl methyl sites for hydroxylation is 1. The fraction of sp³-hybridized carbons (Fsp3) is 0.286. The number of benzene rings is 2. The van der Waals surface area contributed by atoms with E-state index in [0.29, 0.717) is 16.7 Å². The van der Waals surface area contributed by atoms with Gasteiger partial charge in [-0.1, -0.05) is 28.5 Å². The van der Waals surface area contributed by atoms with Crippen LogP contribution in [0.3, 0.4) is 0 Å². The van der Waals surface area contributed by atoms with Crippen LogP contribution >= 0.6 is 0 Å². The van der Waals surface area contributed by atoms with Gasteiger partial charge in [-0.2, -0.15) is 0 Å². The molecular weight excluding hydrogens is 396 g/mol. The van der Waals surface area contributed by atoms with E-state index in [1.165, 1.54) is 27.3 Å². The molecule has 0 aromatic heterocycles. The maximum atomic E-state index is 13.6. The van der Waals surface area contributed by atoms with E-state index in [2.05, 4.69) is 15.6 Å². The third-order valence-electron chi connectivity index (χ3n) is 4.21. The monoisotopic (exact) mass is 419 g/mol. The van der Waals surface area contributed by atoms with Crippen LogP contribution in [0.15, 0.2) is 46.7 Å². The van der Waals surface area contributed by atoms with Gasteiger partial charge in [-0.3, -0.25) is 4.79 Å². The van der Waals surface area contributed by atoms with E-state index < -0.39 is 17.5 Å². The predicted molar refractivity (Wildman–Crippen MR) is 108 cm³/mol. The van der Waals surface area contributed by atoms with Crippen LogP contribution < -0.4 is 5.32 Å². The number of ether oxygens (including phenoxy) is 1. The van der Waals surface area contributed by atoms with E-state index in [-0.39, 0.29) is 24.6 Å². The lowest BCUT2D eigenvalue weighted by molar-refractivity contribution is -0.114. The minimum Gasteiger partial charge on any atom is -0.398 e. The number of nitrogens with zero attached hydrogens (tertiary/aromatic N) is 2. The van der Waals surface area contributed by atoms with E-state index in [9.17, 15) is 13.6 Å². The molecule has 1 N–H and O–H groups in total. The van der Waals surface area contributed by atoms with Gasteiger partial charge in [-0.05, 0) is 30.7 Å². The van der Waals surface area contributed by atoms with Gasteiger partial charge in [0.15, 0.2) is 17.3 Å². The van der Waals surface area contributed by atoms with E-state index in [4.69, 9.17) is 14.4 Å². The SMILES string of the molecule is CNC(=O)/C(=N/OC)c1cccc(C)c1CO/N=C(\COC)c1ccc(F)c(F)c1. The first-order valence-electron chi connectivity index (χ1n) is 8.98. The number of likely N-dealkylation sites (N-methyl/N-ethyl adjacent to an activating group) is 1. The molecule has 0 aliphatic carbocycles. The van der Waals surface area contributed by atoms with Crippen LogP contribution in [0.4, 0.5) is 8.78 Å². The Morgan fingerprint density at radius 3 is 2.50 bits per heavy atom. The summed E-state index contributed by atoms with van der Waals surface area (Å²) in [5, 5.41) is 10.4. The summed E-state index contributed by atoms with van der Waals surface area (Å²) in [5.74, 6) is -2.38. The second-order valence-corrected chi connectivity index (χ2v) is 6.18. The molecule has 30 heavy (non-hydrogen) atoms. The minimum absolute atomic E-state index is 0.00136. The smallest absolute Gasteiger partial charge is 0.273 e. The quantitative estimate of drug-likeness (QED) is 0.501. The van der Waals surface area contributed by atoms with Gasteiger partial charge in [-0.15, -0.1) is 0 Å². The highest BCUT2D eigenvalue weighted by Gasteiger charge is 2.19. The van der Waals surface area contributed by atoms with Crippen molar-refractivity contribution in [2.45, 2.75) is 13.5 Å². The standard InChI is InChI=1S/C21H23F2N3O4/c1-13-6-5-7-15(20(26-29-4)21(27)24-2)16(13)11-30-25-19(12-28-3)14-8-9-17(22)18(23)10-14/h5-10H,11-12H2,1-4H3,(H,24,27)/b25-19+,26-20+. The molecule has 0 saturated carbocycles. The Hall–Kier alpha value is -3.33. The molecule has 2 aromatic rings. The predicted octanol–water partition coefficient (Wildman–Crippen LogP) is 2.94. The Balaban J connectivity index is 2.34. The first-order valence-corrected chi connectivity index (χ1v) is 8.98. The molecule has 9 heteroatoms. The number of methoxy groups -OCH3 is 1. The average molecular weight is 419 g/mol. The van der Waals surface area contributed by atoms with Gasteiger partial charge in [0.1, 0.15) is 19.4 Å². The van der Waals surface area contributed by atoms with Gasteiger partial charge in [0.2, 0.25) is 0 Å². The fourth-order valence-corrected chi connectivity index (χ4v) is 2.69. The number of oxime groups is 2. The summed E-state index contributed by atoms with van der Waals surface area (Å²) in [6, 6.07) is 8.76. The fourth-order valence-electron chi connectivity index (χ4n) is 2.69. The molecule has 0 aliphatic heterocycles. The minimum atomic E-state index is -0.997. The Morgan fingerprint density at radius 2 is 1.87 bits per heavy atom. The highest BCUT2D eigenvalue weighted by molar-refractivity contribution is 6.45. The van der Waals surface area contributed by atoms with Crippen molar-refractivity contribution in [3.63, 3.8) is 0 Å². The molecule has 2 rings (SSSR count). The molecule has 0 unspecified atom stereocenters. The molecule has 7 nitrogen and oxygen atoms in total. The molecule has 0 radical (unpaired) electrons. The maximum absolute atomic E-state index is 13.6. The molecule has 0 saturated heterocycles. The van der Waals surface area contributed by atoms with Crippen LogP contribution in [0.1, 0.15) is 22.3 Å². The van der Waals surface area contributed by atoms with E-state index in [0.717, 1.165) is 17.7 Å². The van der Waals surface area contributed by atoms with Crippen LogP contribution in [0.2, 0.25) is 0 Å². The van der Waals surface area contributed by atoms with Crippen molar-refractivity contribution in [1.82, 2.24) is 5.32 Å². The maximum Gasteiger partial charge on any atom is 0.273 e. The summed E-state index contributed by atoms with van der Waals surface area (Å²) >= 11 is 0. The lowest BCUT2D eigenvalue weighted by atomic mass is 9.98. The number of rotatable bonds is 9. The van der Waals surface area contributed by atoms with Crippen molar-refractivity contribution in [2.75, 3.05) is 27.9 Å². The van der Waals surface area contributed by atoms with Crippen molar-refractivity contribution >= 4 is 17.3 Å². The van der Waals surface area contributed by atoms with Crippen LogP contribution in [0.25, 0.3) is 0 Å². The van der Waals surface area contributed by atoms with Gasteiger partial charge in [0.05, 0.1) is 6.61 Å². The third-order valence-corrected chi connectivity index (χ3v) is 4.21. The van der Waals surface area contributed by atoms with Crippen molar-refractivity contribution in [3.8, 4) is 0 Å².